The van der Waals surface area contributed by atoms with Gasteiger partial charge in [-0.2, -0.15) is 0 Å². The summed E-state index contributed by atoms with van der Waals surface area (Å²) >= 11 is 1.65. The van der Waals surface area contributed by atoms with Crippen molar-refractivity contribution >= 4 is 17.0 Å². The molecule has 0 unspecified atom stereocenters. The molecule has 2 aromatic carbocycles. The van der Waals surface area contributed by atoms with Crippen LogP contribution in [0.15, 0.2) is 66.3 Å². The van der Waals surface area contributed by atoms with Crippen molar-refractivity contribution in [2.45, 2.75) is 6.54 Å². The standard InChI is InChI=1S/C16H14N2OS/c1-2-4-14(5-3-1)19-15-8-6-13(7-9-15)18-11-16-10-17-12-20-16/h1-10,12,18H,11H2. The summed E-state index contributed by atoms with van der Waals surface area (Å²) in [5, 5.41) is 3.35. The molecule has 100 valence electrons. The minimum Gasteiger partial charge on any atom is -0.457 e. The first-order valence-electron chi connectivity index (χ1n) is 6.34. The summed E-state index contributed by atoms with van der Waals surface area (Å²) in [6.45, 7) is 0.795. The van der Waals surface area contributed by atoms with Gasteiger partial charge in [-0.25, -0.2) is 0 Å². The lowest BCUT2D eigenvalue weighted by molar-refractivity contribution is 0.483. The Balaban J connectivity index is 1.60. The zero-order valence-corrected chi connectivity index (χ0v) is 11.6. The second-order valence-corrected chi connectivity index (χ2v) is 5.23. The van der Waals surface area contributed by atoms with Gasteiger partial charge in [0.2, 0.25) is 0 Å². The van der Waals surface area contributed by atoms with Crippen LogP contribution in [-0.2, 0) is 6.54 Å². The zero-order valence-electron chi connectivity index (χ0n) is 10.8. The van der Waals surface area contributed by atoms with E-state index in [1.807, 2.05) is 66.3 Å². The fourth-order valence-electron chi connectivity index (χ4n) is 1.78. The second-order valence-electron chi connectivity index (χ2n) is 4.26. The first-order chi connectivity index (χ1) is 9.90. The monoisotopic (exact) mass is 282 g/mol. The molecule has 0 amide bonds. The molecule has 1 N–H and O–H groups in total. The quantitative estimate of drug-likeness (QED) is 0.745. The molecule has 4 heteroatoms. The zero-order chi connectivity index (χ0) is 13.6. The highest BCUT2D eigenvalue weighted by molar-refractivity contribution is 7.09. The number of anilines is 1. The first-order valence-corrected chi connectivity index (χ1v) is 7.22. The van der Waals surface area contributed by atoms with E-state index in [4.69, 9.17) is 4.74 Å². The Kier molecular flexibility index (Phi) is 3.94. The number of benzene rings is 2. The predicted molar refractivity (Wildman–Crippen MR) is 82.4 cm³/mol. The summed E-state index contributed by atoms with van der Waals surface area (Å²) in [7, 11) is 0. The fourth-order valence-corrected chi connectivity index (χ4v) is 2.32. The van der Waals surface area contributed by atoms with Gasteiger partial charge in [0, 0.05) is 16.8 Å². The predicted octanol–water partition coefficient (Wildman–Crippen LogP) is 4.55. The van der Waals surface area contributed by atoms with Crippen LogP contribution in [0, 0.1) is 0 Å². The molecule has 0 saturated heterocycles. The molecule has 20 heavy (non-hydrogen) atoms. The minimum atomic E-state index is 0.795. The molecule has 0 radical (unpaired) electrons. The number of aromatic nitrogens is 1. The Morgan fingerprint density at radius 3 is 2.40 bits per heavy atom. The number of ether oxygens (including phenoxy) is 1. The number of hydrogen-bond acceptors (Lipinski definition) is 4. The maximum atomic E-state index is 5.75. The van der Waals surface area contributed by atoms with Crippen LogP contribution >= 0.6 is 11.3 Å². The first kappa shape index (κ1) is 12.7. The molecule has 0 aliphatic rings. The molecule has 1 aromatic heterocycles. The van der Waals surface area contributed by atoms with Crippen LogP contribution in [0.25, 0.3) is 0 Å². The molecule has 0 aliphatic heterocycles. The van der Waals surface area contributed by atoms with Gasteiger partial charge in [0.05, 0.1) is 12.1 Å². The van der Waals surface area contributed by atoms with Crippen molar-refractivity contribution in [2.75, 3.05) is 5.32 Å². The summed E-state index contributed by atoms with van der Waals surface area (Å²) in [5.74, 6) is 1.68. The third kappa shape index (κ3) is 3.36. The number of para-hydroxylation sites is 1. The van der Waals surface area contributed by atoms with E-state index in [0.29, 0.717) is 0 Å². The van der Waals surface area contributed by atoms with Gasteiger partial charge in [-0.05, 0) is 36.4 Å². The molecule has 0 bridgehead atoms. The SMILES string of the molecule is c1ccc(Oc2ccc(NCc3cncs3)cc2)cc1. The number of nitrogens with zero attached hydrogens (tertiary/aromatic N) is 1. The van der Waals surface area contributed by atoms with Crippen LogP contribution < -0.4 is 10.1 Å². The summed E-state index contributed by atoms with van der Waals surface area (Å²) < 4.78 is 5.75. The Labute approximate surface area is 121 Å². The third-order valence-corrected chi connectivity index (χ3v) is 3.56. The molecule has 3 nitrogen and oxygen atoms in total. The van der Waals surface area contributed by atoms with Crippen molar-refractivity contribution in [3.8, 4) is 11.5 Å². The summed E-state index contributed by atoms with van der Waals surface area (Å²) in [5.41, 5.74) is 2.91. The van der Waals surface area contributed by atoms with E-state index in [9.17, 15) is 0 Å². The largest absolute Gasteiger partial charge is 0.457 e. The van der Waals surface area contributed by atoms with Gasteiger partial charge in [0.25, 0.3) is 0 Å². The highest BCUT2D eigenvalue weighted by atomic mass is 32.1. The molecule has 0 aliphatic carbocycles. The molecule has 0 saturated carbocycles. The molecular weight excluding hydrogens is 268 g/mol. The topological polar surface area (TPSA) is 34.1 Å². The summed E-state index contributed by atoms with van der Waals surface area (Å²) in [6.07, 6.45) is 1.88. The Hall–Kier alpha value is -2.33. The van der Waals surface area contributed by atoms with E-state index in [1.165, 1.54) is 4.88 Å². The molecule has 0 atom stereocenters. The van der Waals surface area contributed by atoms with E-state index < -0.39 is 0 Å². The van der Waals surface area contributed by atoms with Crippen molar-refractivity contribution < 1.29 is 4.74 Å². The average Bonchev–Trinajstić information content (AvgIpc) is 3.01. The smallest absolute Gasteiger partial charge is 0.127 e. The van der Waals surface area contributed by atoms with E-state index in [0.717, 1.165) is 23.7 Å². The normalized spacial score (nSPS) is 10.2. The number of rotatable bonds is 5. The highest BCUT2D eigenvalue weighted by Gasteiger charge is 1.98. The van der Waals surface area contributed by atoms with Gasteiger partial charge in [-0.15, -0.1) is 11.3 Å². The molecule has 1 heterocycles. The maximum Gasteiger partial charge on any atom is 0.127 e. The molecule has 3 aromatic rings. The average molecular weight is 282 g/mol. The number of hydrogen-bond donors (Lipinski definition) is 1. The molecule has 3 rings (SSSR count). The fraction of sp³-hybridized carbons (Fsp3) is 0.0625. The Morgan fingerprint density at radius 2 is 1.70 bits per heavy atom. The van der Waals surface area contributed by atoms with Crippen molar-refractivity contribution in [2.24, 2.45) is 0 Å². The van der Waals surface area contributed by atoms with E-state index in [1.54, 1.807) is 11.3 Å². The van der Waals surface area contributed by atoms with Crippen molar-refractivity contribution in [3.05, 3.63) is 71.2 Å². The molecule has 0 spiro atoms. The van der Waals surface area contributed by atoms with Crippen LogP contribution in [0.2, 0.25) is 0 Å². The van der Waals surface area contributed by atoms with E-state index in [2.05, 4.69) is 10.3 Å². The van der Waals surface area contributed by atoms with Crippen LogP contribution in [0.5, 0.6) is 11.5 Å². The maximum absolute atomic E-state index is 5.75. The van der Waals surface area contributed by atoms with Gasteiger partial charge in [-0.1, -0.05) is 18.2 Å². The molecular formula is C16H14N2OS. The van der Waals surface area contributed by atoms with Gasteiger partial charge in [-0.3, -0.25) is 4.98 Å². The van der Waals surface area contributed by atoms with E-state index in [-0.39, 0.29) is 0 Å². The highest BCUT2D eigenvalue weighted by Crippen LogP contribution is 2.22. The molecule has 0 fully saturated rings. The van der Waals surface area contributed by atoms with Crippen LogP contribution in [0.4, 0.5) is 5.69 Å². The lowest BCUT2D eigenvalue weighted by Crippen LogP contribution is -1.97. The van der Waals surface area contributed by atoms with Crippen LogP contribution in [-0.4, -0.2) is 4.98 Å². The van der Waals surface area contributed by atoms with Crippen LogP contribution in [0.3, 0.4) is 0 Å². The van der Waals surface area contributed by atoms with Gasteiger partial charge in [0.15, 0.2) is 0 Å². The minimum absolute atomic E-state index is 0.795. The number of nitrogens with one attached hydrogen (secondary N) is 1. The number of thiazole rings is 1. The Morgan fingerprint density at radius 1 is 0.950 bits per heavy atom. The van der Waals surface area contributed by atoms with Crippen molar-refractivity contribution in [1.29, 1.82) is 0 Å². The van der Waals surface area contributed by atoms with Gasteiger partial charge in [0.1, 0.15) is 11.5 Å². The van der Waals surface area contributed by atoms with E-state index >= 15 is 0 Å². The summed E-state index contributed by atoms with van der Waals surface area (Å²) in [6, 6.07) is 17.7. The van der Waals surface area contributed by atoms with Gasteiger partial charge < -0.3 is 10.1 Å². The van der Waals surface area contributed by atoms with Gasteiger partial charge >= 0.3 is 0 Å². The second kappa shape index (κ2) is 6.21. The van der Waals surface area contributed by atoms with Crippen molar-refractivity contribution in [1.82, 2.24) is 4.98 Å². The summed E-state index contributed by atoms with van der Waals surface area (Å²) in [4.78, 5) is 5.27. The van der Waals surface area contributed by atoms with Crippen molar-refractivity contribution in [3.63, 3.8) is 0 Å². The lowest BCUT2D eigenvalue weighted by atomic mass is 10.3. The lowest BCUT2D eigenvalue weighted by Gasteiger charge is -2.08. The third-order valence-electron chi connectivity index (χ3n) is 2.78. The van der Waals surface area contributed by atoms with Crippen LogP contribution in [0.1, 0.15) is 4.88 Å². The Bertz CT molecular complexity index is 636.